The van der Waals surface area contributed by atoms with Gasteiger partial charge in [-0.25, -0.2) is 0 Å². The summed E-state index contributed by atoms with van der Waals surface area (Å²) >= 11 is 0. The molecule has 0 aliphatic rings. The van der Waals surface area contributed by atoms with Gasteiger partial charge in [0.15, 0.2) is 0 Å². The van der Waals surface area contributed by atoms with Crippen molar-refractivity contribution in [1.82, 2.24) is 5.32 Å². The number of carbonyl (C=O) groups is 1. The van der Waals surface area contributed by atoms with Gasteiger partial charge in [-0.1, -0.05) is 55.5 Å². The third-order valence-corrected chi connectivity index (χ3v) is 3.16. The lowest BCUT2D eigenvalue weighted by atomic mass is 10.2. The van der Waals surface area contributed by atoms with Gasteiger partial charge in [-0.05, 0) is 18.1 Å². The first-order valence-electron chi connectivity index (χ1n) is 7.31. The summed E-state index contributed by atoms with van der Waals surface area (Å²) in [5.41, 5.74) is 2.13. The van der Waals surface area contributed by atoms with Crippen LogP contribution >= 0.6 is 0 Å². The number of carbonyl (C=O) groups excluding carboxylic acids is 1. The number of nitrogens with one attached hydrogen (secondary N) is 1. The van der Waals surface area contributed by atoms with Crippen molar-refractivity contribution in [2.45, 2.75) is 32.9 Å². The van der Waals surface area contributed by atoms with Gasteiger partial charge in [0.25, 0.3) is 0 Å². The fourth-order valence-electron chi connectivity index (χ4n) is 2.04. The highest BCUT2D eigenvalue weighted by Crippen LogP contribution is 2.19. The maximum absolute atomic E-state index is 11.6. The first kappa shape index (κ1) is 15.1. The van der Waals surface area contributed by atoms with Crippen LogP contribution in [0.2, 0.25) is 0 Å². The van der Waals surface area contributed by atoms with Gasteiger partial charge in [-0.3, -0.25) is 4.79 Å². The average Bonchev–Trinajstić information content (AvgIpc) is 2.53. The molecule has 0 radical (unpaired) electrons. The zero-order chi connectivity index (χ0) is 14.9. The fraction of sp³-hybridized carbons (Fsp3) is 0.278. The number of hydrogen-bond acceptors (Lipinski definition) is 2. The predicted octanol–water partition coefficient (Wildman–Crippen LogP) is 3.68. The third kappa shape index (κ3) is 4.95. The molecule has 2 aromatic rings. The molecule has 2 aromatic carbocycles. The molecule has 0 saturated heterocycles. The van der Waals surface area contributed by atoms with E-state index in [2.05, 4.69) is 5.32 Å². The van der Waals surface area contributed by atoms with E-state index in [1.165, 1.54) is 0 Å². The molecule has 2 rings (SSSR count). The third-order valence-electron chi connectivity index (χ3n) is 3.16. The molecule has 0 aromatic heterocycles. The number of rotatable bonds is 7. The van der Waals surface area contributed by atoms with Gasteiger partial charge in [-0.15, -0.1) is 0 Å². The van der Waals surface area contributed by atoms with Crippen LogP contribution in [0.3, 0.4) is 0 Å². The SMILES string of the molecule is CCCC(=O)NCc1ccccc1OCc1ccccc1. The molecule has 0 heterocycles. The van der Waals surface area contributed by atoms with Crippen LogP contribution in [0.1, 0.15) is 30.9 Å². The molecule has 21 heavy (non-hydrogen) atoms. The zero-order valence-electron chi connectivity index (χ0n) is 12.3. The number of ether oxygens (including phenoxy) is 1. The van der Waals surface area contributed by atoms with E-state index in [1.807, 2.05) is 61.5 Å². The molecule has 110 valence electrons. The summed E-state index contributed by atoms with van der Waals surface area (Å²) in [6.45, 7) is 3.03. The second-order valence-electron chi connectivity index (χ2n) is 4.91. The lowest BCUT2D eigenvalue weighted by molar-refractivity contribution is -0.121. The van der Waals surface area contributed by atoms with Gasteiger partial charge in [0, 0.05) is 18.5 Å². The highest BCUT2D eigenvalue weighted by molar-refractivity contribution is 5.75. The number of amides is 1. The van der Waals surface area contributed by atoms with Crippen molar-refractivity contribution in [3.63, 3.8) is 0 Å². The minimum absolute atomic E-state index is 0.0790. The summed E-state index contributed by atoms with van der Waals surface area (Å²) in [5, 5.41) is 2.92. The number of para-hydroxylation sites is 1. The monoisotopic (exact) mass is 283 g/mol. The molecule has 0 fully saturated rings. The van der Waals surface area contributed by atoms with Gasteiger partial charge in [-0.2, -0.15) is 0 Å². The van der Waals surface area contributed by atoms with Crippen LogP contribution in [0.4, 0.5) is 0 Å². The molecule has 0 spiro atoms. The van der Waals surface area contributed by atoms with E-state index in [9.17, 15) is 4.79 Å². The van der Waals surface area contributed by atoms with Crippen LogP contribution in [0.15, 0.2) is 54.6 Å². The summed E-state index contributed by atoms with van der Waals surface area (Å²) in [7, 11) is 0. The fourth-order valence-corrected chi connectivity index (χ4v) is 2.04. The van der Waals surface area contributed by atoms with E-state index in [4.69, 9.17) is 4.74 Å². The van der Waals surface area contributed by atoms with E-state index < -0.39 is 0 Å². The summed E-state index contributed by atoms with van der Waals surface area (Å²) in [4.78, 5) is 11.6. The Kier molecular flexibility index (Phi) is 5.83. The highest BCUT2D eigenvalue weighted by Gasteiger charge is 2.05. The molecule has 0 bridgehead atoms. The Morgan fingerprint density at radius 1 is 1.05 bits per heavy atom. The van der Waals surface area contributed by atoms with Crippen LogP contribution in [-0.2, 0) is 17.9 Å². The standard InChI is InChI=1S/C18H21NO2/c1-2-8-18(20)19-13-16-11-6-7-12-17(16)21-14-15-9-4-3-5-10-15/h3-7,9-12H,2,8,13-14H2,1H3,(H,19,20). The van der Waals surface area contributed by atoms with Gasteiger partial charge >= 0.3 is 0 Å². The molecule has 0 atom stereocenters. The van der Waals surface area contributed by atoms with Crippen LogP contribution in [0.25, 0.3) is 0 Å². The van der Waals surface area contributed by atoms with Crippen LogP contribution in [0.5, 0.6) is 5.75 Å². The van der Waals surface area contributed by atoms with Gasteiger partial charge in [0.05, 0.1) is 0 Å². The van der Waals surface area contributed by atoms with E-state index in [0.29, 0.717) is 19.6 Å². The molecule has 3 heteroatoms. The minimum Gasteiger partial charge on any atom is -0.489 e. The largest absolute Gasteiger partial charge is 0.489 e. The maximum atomic E-state index is 11.6. The normalized spacial score (nSPS) is 10.1. The van der Waals surface area contributed by atoms with E-state index in [0.717, 1.165) is 23.3 Å². The molecular formula is C18H21NO2. The molecular weight excluding hydrogens is 262 g/mol. The summed E-state index contributed by atoms with van der Waals surface area (Å²) in [6.07, 6.45) is 1.42. The van der Waals surface area contributed by atoms with Gasteiger partial charge in [0.2, 0.25) is 5.91 Å². The topological polar surface area (TPSA) is 38.3 Å². The quantitative estimate of drug-likeness (QED) is 0.841. The molecule has 0 unspecified atom stereocenters. The molecule has 0 saturated carbocycles. The minimum atomic E-state index is 0.0790. The molecule has 3 nitrogen and oxygen atoms in total. The number of hydrogen-bond donors (Lipinski definition) is 1. The Morgan fingerprint density at radius 3 is 2.52 bits per heavy atom. The summed E-state index contributed by atoms with van der Waals surface area (Å²) in [5.74, 6) is 0.897. The van der Waals surface area contributed by atoms with Crippen molar-refractivity contribution in [2.24, 2.45) is 0 Å². The molecule has 1 N–H and O–H groups in total. The Labute approximate surface area is 126 Å². The van der Waals surface area contributed by atoms with Crippen molar-refractivity contribution in [1.29, 1.82) is 0 Å². The Hall–Kier alpha value is -2.29. The van der Waals surface area contributed by atoms with Crippen molar-refractivity contribution in [2.75, 3.05) is 0 Å². The van der Waals surface area contributed by atoms with Crippen LogP contribution in [0, 0.1) is 0 Å². The Morgan fingerprint density at radius 2 is 1.76 bits per heavy atom. The molecule has 0 aliphatic heterocycles. The van der Waals surface area contributed by atoms with Crippen molar-refractivity contribution < 1.29 is 9.53 Å². The first-order valence-corrected chi connectivity index (χ1v) is 7.31. The van der Waals surface area contributed by atoms with Gasteiger partial charge < -0.3 is 10.1 Å². The summed E-state index contributed by atoms with van der Waals surface area (Å²) in [6, 6.07) is 17.9. The van der Waals surface area contributed by atoms with Crippen LogP contribution in [-0.4, -0.2) is 5.91 Å². The lowest BCUT2D eigenvalue weighted by Gasteiger charge is -2.12. The van der Waals surface area contributed by atoms with E-state index in [1.54, 1.807) is 0 Å². The first-order chi connectivity index (χ1) is 10.3. The Bertz CT molecular complexity index is 566. The highest BCUT2D eigenvalue weighted by atomic mass is 16.5. The maximum Gasteiger partial charge on any atom is 0.220 e. The zero-order valence-corrected chi connectivity index (χ0v) is 12.3. The molecule has 1 amide bonds. The van der Waals surface area contributed by atoms with Crippen molar-refractivity contribution >= 4 is 5.91 Å². The van der Waals surface area contributed by atoms with Crippen molar-refractivity contribution in [3.8, 4) is 5.75 Å². The molecule has 0 aliphatic carbocycles. The predicted molar refractivity (Wildman–Crippen MR) is 84.0 cm³/mol. The van der Waals surface area contributed by atoms with Gasteiger partial charge in [0.1, 0.15) is 12.4 Å². The van der Waals surface area contributed by atoms with Crippen molar-refractivity contribution in [3.05, 3.63) is 65.7 Å². The van der Waals surface area contributed by atoms with E-state index in [-0.39, 0.29) is 5.91 Å². The lowest BCUT2D eigenvalue weighted by Crippen LogP contribution is -2.22. The van der Waals surface area contributed by atoms with E-state index >= 15 is 0 Å². The second-order valence-corrected chi connectivity index (χ2v) is 4.91. The van der Waals surface area contributed by atoms with Crippen LogP contribution < -0.4 is 10.1 Å². The Balaban J connectivity index is 1.95. The number of benzene rings is 2. The summed E-state index contributed by atoms with van der Waals surface area (Å²) < 4.78 is 5.86. The smallest absolute Gasteiger partial charge is 0.220 e. The average molecular weight is 283 g/mol. The second kappa shape index (κ2) is 8.10.